The molecule has 2 N–H and O–H groups in total. The van der Waals surface area contributed by atoms with Crippen LogP contribution >= 0.6 is 0 Å². The highest BCUT2D eigenvalue weighted by Gasteiger charge is 2.25. The number of nitrogens with zero attached hydrogens (tertiary/aromatic N) is 4. The SMILES string of the molecule is CCCS(=O)(=O)Nc1c(F)cc(Oc2ncccc2-c2ccnc(N[C@H]3CC[C@H](N(C)C)CC3)n2)c(F)c1F. The standard InChI is InChI=1S/C26H31F3N6O3S/c1-4-14-39(36,37)34-24-19(27)15-21(22(28)23(24)29)38-25-18(6-5-12-30-25)20-11-13-31-26(33-20)32-16-7-9-17(10-8-16)35(2)3/h5-6,11-13,15-17,34H,4,7-10,14H2,1-3H3,(H,31,32,33)/t16-,17-. The molecular formula is C26H31F3N6O3S. The van der Waals surface area contributed by atoms with Gasteiger partial charge < -0.3 is 15.0 Å². The van der Waals surface area contributed by atoms with Gasteiger partial charge >= 0.3 is 0 Å². The van der Waals surface area contributed by atoms with Crippen molar-refractivity contribution in [1.82, 2.24) is 19.9 Å². The van der Waals surface area contributed by atoms with Crippen LogP contribution in [-0.4, -0.2) is 60.2 Å². The van der Waals surface area contributed by atoms with E-state index in [4.69, 9.17) is 4.74 Å². The average Bonchev–Trinajstić information content (AvgIpc) is 2.90. The van der Waals surface area contributed by atoms with Crippen LogP contribution in [0.15, 0.2) is 36.7 Å². The smallest absolute Gasteiger partial charge is 0.232 e. The van der Waals surface area contributed by atoms with Gasteiger partial charge in [-0.05, 0) is 64.4 Å². The summed E-state index contributed by atoms with van der Waals surface area (Å²) >= 11 is 0. The van der Waals surface area contributed by atoms with E-state index in [1.807, 2.05) is 0 Å². The first-order chi connectivity index (χ1) is 18.6. The van der Waals surface area contributed by atoms with Crippen molar-refractivity contribution < 1.29 is 26.3 Å². The fraction of sp³-hybridized carbons (Fsp3) is 0.423. The van der Waals surface area contributed by atoms with Crippen LogP contribution in [-0.2, 0) is 10.0 Å². The van der Waals surface area contributed by atoms with Gasteiger partial charge in [-0.15, -0.1) is 0 Å². The van der Waals surface area contributed by atoms with Crippen LogP contribution in [0, 0.1) is 17.5 Å². The Morgan fingerprint density at radius 3 is 2.49 bits per heavy atom. The van der Waals surface area contributed by atoms with Crippen molar-refractivity contribution in [1.29, 1.82) is 0 Å². The molecule has 2 aromatic heterocycles. The summed E-state index contributed by atoms with van der Waals surface area (Å²) in [6.07, 6.45) is 7.20. The van der Waals surface area contributed by atoms with Gasteiger partial charge in [-0.1, -0.05) is 6.92 Å². The number of rotatable bonds is 10. The molecule has 210 valence electrons. The molecule has 1 aliphatic carbocycles. The Hall–Kier alpha value is -3.45. The summed E-state index contributed by atoms with van der Waals surface area (Å²) in [7, 11) is 0.105. The number of nitrogens with one attached hydrogen (secondary N) is 2. The molecule has 4 rings (SSSR count). The van der Waals surface area contributed by atoms with Gasteiger partial charge in [0.05, 0.1) is 17.0 Å². The molecule has 2 heterocycles. The third kappa shape index (κ3) is 6.95. The number of hydrogen-bond donors (Lipinski definition) is 2. The van der Waals surface area contributed by atoms with Gasteiger partial charge in [0.1, 0.15) is 5.69 Å². The van der Waals surface area contributed by atoms with Crippen molar-refractivity contribution in [2.45, 2.75) is 51.1 Å². The highest BCUT2D eigenvalue weighted by molar-refractivity contribution is 7.92. The lowest BCUT2D eigenvalue weighted by Gasteiger charge is -2.32. The van der Waals surface area contributed by atoms with Crippen molar-refractivity contribution >= 4 is 21.7 Å². The van der Waals surface area contributed by atoms with E-state index < -0.39 is 38.9 Å². The fourth-order valence-corrected chi connectivity index (χ4v) is 5.62. The van der Waals surface area contributed by atoms with Gasteiger partial charge in [0.25, 0.3) is 0 Å². The molecule has 0 amide bonds. The molecule has 39 heavy (non-hydrogen) atoms. The number of anilines is 2. The second kappa shape index (κ2) is 12.2. The molecule has 0 saturated heterocycles. The maximum absolute atomic E-state index is 14.9. The summed E-state index contributed by atoms with van der Waals surface area (Å²) in [6.45, 7) is 1.58. The number of sulfonamides is 1. The van der Waals surface area contributed by atoms with E-state index in [2.05, 4.69) is 39.3 Å². The fourth-order valence-electron chi connectivity index (χ4n) is 4.49. The Labute approximate surface area is 225 Å². The van der Waals surface area contributed by atoms with Gasteiger partial charge in [0, 0.05) is 30.5 Å². The zero-order valence-corrected chi connectivity index (χ0v) is 22.7. The molecule has 0 spiro atoms. The number of ether oxygens (including phenoxy) is 1. The average molecular weight is 565 g/mol. The first-order valence-electron chi connectivity index (χ1n) is 12.6. The van der Waals surface area contributed by atoms with Crippen molar-refractivity contribution in [3.63, 3.8) is 0 Å². The summed E-state index contributed by atoms with van der Waals surface area (Å²) < 4.78 is 75.4. The Kier molecular flexibility index (Phi) is 8.90. The molecule has 0 bridgehead atoms. The summed E-state index contributed by atoms with van der Waals surface area (Å²) in [6, 6.07) is 6.18. The molecular weight excluding hydrogens is 533 g/mol. The van der Waals surface area contributed by atoms with Crippen LogP contribution in [0.2, 0.25) is 0 Å². The molecule has 0 atom stereocenters. The van der Waals surface area contributed by atoms with Crippen molar-refractivity contribution in [2.75, 3.05) is 29.9 Å². The maximum Gasteiger partial charge on any atom is 0.232 e. The van der Waals surface area contributed by atoms with Crippen molar-refractivity contribution in [3.05, 3.63) is 54.1 Å². The highest BCUT2D eigenvalue weighted by atomic mass is 32.2. The van der Waals surface area contributed by atoms with Gasteiger partial charge in [0.15, 0.2) is 17.4 Å². The maximum atomic E-state index is 14.9. The molecule has 1 saturated carbocycles. The number of halogens is 3. The van der Waals surface area contributed by atoms with Crippen LogP contribution in [0.25, 0.3) is 11.3 Å². The number of benzene rings is 1. The van der Waals surface area contributed by atoms with Gasteiger partial charge in [0.2, 0.25) is 27.7 Å². The minimum Gasteiger partial charge on any atom is -0.435 e. The summed E-state index contributed by atoms with van der Waals surface area (Å²) in [5.74, 6) is -5.54. The van der Waals surface area contributed by atoms with E-state index in [0.717, 1.165) is 25.7 Å². The first-order valence-corrected chi connectivity index (χ1v) is 14.3. The van der Waals surface area contributed by atoms with E-state index in [0.29, 0.717) is 29.3 Å². The summed E-state index contributed by atoms with van der Waals surface area (Å²) in [5, 5.41) is 3.36. The lowest BCUT2D eigenvalue weighted by atomic mass is 9.91. The van der Waals surface area contributed by atoms with E-state index in [1.54, 1.807) is 36.0 Å². The zero-order valence-electron chi connectivity index (χ0n) is 21.9. The quantitative estimate of drug-likeness (QED) is 0.324. The monoisotopic (exact) mass is 564 g/mol. The topological polar surface area (TPSA) is 109 Å². The third-order valence-corrected chi connectivity index (χ3v) is 7.99. The second-order valence-electron chi connectivity index (χ2n) is 9.62. The van der Waals surface area contributed by atoms with Crippen LogP contribution in [0.1, 0.15) is 39.0 Å². The normalized spacial score (nSPS) is 17.7. The van der Waals surface area contributed by atoms with Gasteiger partial charge in [-0.25, -0.2) is 32.2 Å². The van der Waals surface area contributed by atoms with E-state index in [9.17, 15) is 21.6 Å². The lowest BCUT2D eigenvalue weighted by molar-refractivity contribution is 0.221. The Morgan fingerprint density at radius 2 is 1.79 bits per heavy atom. The summed E-state index contributed by atoms with van der Waals surface area (Å²) in [4.78, 5) is 15.2. The van der Waals surface area contributed by atoms with Gasteiger partial charge in [-0.3, -0.25) is 4.72 Å². The van der Waals surface area contributed by atoms with Crippen molar-refractivity contribution in [2.24, 2.45) is 0 Å². The Morgan fingerprint density at radius 1 is 1.05 bits per heavy atom. The molecule has 0 unspecified atom stereocenters. The number of aromatic nitrogens is 3. The van der Waals surface area contributed by atoms with E-state index in [1.165, 1.54) is 6.20 Å². The molecule has 3 aromatic rings. The first kappa shape index (κ1) is 28.6. The molecule has 1 aromatic carbocycles. The molecule has 9 nitrogen and oxygen atoms in total. The van der Waals surface area contributed by atoms with Crippen LogP contribution < -0.4 is 14.8 Å². The third-order valence-electron chi connectivity index (χ3n) is 6.53. The minimum absolute atomic E-state index is 0.148. The van der Waals surface area contributed by atoms with E-state index in [-0.39, 0.29) is 24.1 Å². The van der Waals surface area contributed by atoms with E-state index >= 15 is 0 Å². The summed E-state index contributed by atoms with van der Waals surface area (Å²) in [5.41, 5.74) is -0.365. The predicted molar refractivity (Wildman–Crippen MR) is 143 cm³/mol. The molecule has 13 heteroatoms. The van der Waals surface area contributed by atoms with Crippen LogP contribution in [0.5, 0.6) is 11.6 Å². The highest BCUT2D eigenvalue weighted by Crippen LogP contribution is 2.36. The zero-order chi connectivity index (χ0) is 28.2. The van der Waals surface area contributed by atoms with Crippen LogP contribution in [0.3, 0.4) is 0 Å². The van der Waals surface area contributed by atoms with Gasteiger partial charge in [-0.2, -0.15) is 4.39 Å². The van der Waals surface area contributed by atoms with Crippen LogP contribution in [0.4, 0.5) is 24.8 Å². The lowest BCUT2D eigenvalue weighted by Crippen LogP contribution is -2.36. The largest absolute Gasteiger partial charge is 0.435 e. The molecule has 1 aliphatic rings. The second-order valence-corrected chi connectivity index (χ2v) is 11.5. The number of hydrogen-bond acceptors (Lipinski definition) is 8. The number of pyridine rings is 1. The Balaban J connectivity index is 1.56. The molecule has 0 radical (unpaired) electrons. The Bertz CT molecular complexity index is 1420. The predicted octanol–water partition coefficient (Wildman–Crippen LogP) is 5.18. The minimum atomic E-state index is -4.05. The molecule has 1 fully saturated rings. The van der Waals surface area contributed by atoms with Crippen molar-refractivity contribution in [3.8, 4) is 22.9 Å². The molecule has 0 aliphatic heterocycles.